The molecule has 2 nitrogen and oxygen atoms in total. The van der Waals surface area contributed by atoms with Crippen molar-refractivity contribution in [3.8, 4) is 0 Å². The number of sulfone groups is 1. The van der Waals surface area contributed by atoms with Crippen molar-refractivity contribution in [2.24, 2.45) is 5.92 Å². The topological polar surface area (TPSA) is 34.1 Å². The van der Waals surface area contributed by atoms with Gasteiger partial charge in [-0.2, -0.15) is 8.78 Å². The first-order valence-corrected chi connectivity index (χ1v) is 4.69. The minimum atomic E-state index is -5.10. The number of halogens is 4. The molecule has 0 amide bonds. The van der Waals surface area contributed by atoms with Crippen LogP contribution in [0, 0.1) is 5.92 Å². The molecule has 1 saturated heterocycles. The lowest BCUT2D eigenvalue weighted by Gasteiger charge is -2.05. The van der Waals surface area contributed by atoms with Gasteiger partial charge in [-0.3, -0.25) is 4.39 Å². The largest absolute Gasteiger partial charge is 0.349 e. The first kappa shape index (κ1) is 9.76. The van der Waals surface area contributed by atoms with Crippen LogP contribution in [0.25, 0.3) is 0 Å². The SMILES string of the molecule is O=S1(=O)C(F)C(CF)CC1(F)F. The maximum atomic E-state index is 12.6. The third kappa shape index (κ3) is 1.10. The zero-order chi connectivity index (χ0) is 9.57. The number of hydrogen-bond acceptors (Lipinski definition) is 2. The first-order valence-electron chi connectivity index (χ1n) is 3.14. The van der Waals surface area contributed by atoms with E-state index in [1.54, 1.807) is 0 Å². The molecule has 0 aromatic carbocycles. The Kier molecular flexibility index (Phi) is 2.10. The van der Waals surface area contributed by atoms with Crippen molar-refractivity contribution in [2.75, 3.05) is 6.67 Å². The third-order valence-electron chi connectivity index (χ3n) is 1.78. The Labute approximate surface area is 66.5 Å². The summed E-state index contributed by atoms with van der Waals surface area (Å²) in [5.41, 5.74) is -2.77. The Hall–Kier alpha value is -0.330. The molecular weight excluding hydrogens is 200 g/mol. The number of alkyl halides is 4. The fraction of sp³-hybridized carbons (Fsp3) is 1.00. The predicted molar refractivity (Wildman–Crippen MR) is 32.8 cm³/mol. The van der Waals surface area contributed by atoms with E-state index in [1.165, 1.54) is 0 Å². The Morgan fingerprint density at radius 1 is 1.42 bits per heavy atom. The summed E-state index contributed by atoms with van der Waals surface area (Å²) >= 11 is 0. The quantitative estimate of drug-likeness (QED) is 0.605. The fourth-order valence-electron chi connectivity index (χ4n) is 1.06. The smallest absolute Gasteiger partial charge is 0.251 e. The highest BCUT2D eigenvalue weighted by atomic mass is 32.2. The molecule has 1 aliphatic rings. The van der Waals surface area contributed by atoms with Crippen LogP contribution in [-0.4, -0.2) is 25.9 Å². The van der Waals surface area contributed by atoms with Crippen LogP contribution in [0.1, 0.15) is 6.42 Å². The van der Waals surface area contributed by atoms with Crippen molar-refractivity contribution in [2.45, 2.75) is 17.2 Å². The summed E-state index contributed by atoms with van der Waals surface area (Å²) in [6.45, 7) is -1.38. The number of rotatable bonds is 1. The summed E-state index contributed by atoms with van der Waals surface area (Å²) < 4.78 is 70.2. The van der Waals surface area contributed by atoms with Gasteiger partial charge < -0.3 is 0 Å². The second kappa shape index (κ2) is 2.58. The van der Waals surface area contributed by atoms with Gasteiger partial charge in [0.25, 0.3) is 0 Å². The van der Waals surface area contributed by atoms with Crippen LogP contribution >= 0.6 is 0 Å². The molecule has 0 N–H and O–H groups in total. The summed E-state index contributed by atoms with van der Waals surface area (Å²) in [5, 5.41) is -4.11. The molecule has 1 rings (SSSR count). The Morgan fingerprint density at radius 3 is 2.08 bits per heavy atom. The van der Waals surface area contributed by atoms with Gasteiger partial charge >= 0.3 is 5.25 Å². The normalized spacial score (nSPS) is 38.3. The molecule has 0 spiro atoms. The molecule has 7 heteroatoms. The molecule has 1 heterocycles. The summed E-state index contributed by atoms with van der Waals surface area (Å²) in [5.74, 6) is -1.72. The molecule has 0 radical (unpaired) electrons. The molecule has 1 aliphatic heterocycles. The minimum absolute atomic E-state index is 1.26. The average Bonchev–Trinajstić information content (AvgIpc) is 2.11. The standard InChI is InChI=1S/C5H6F4O2S/c6-2-3-1-5(8,9)12(10,11)4(3)7/h3-4H,1-2H2. The molecule has 1 fully saturated rings. The first-order chi connectivity index (χ1) is 5.33. The minimum Gasteiger partial charge on any atom is -0.251 e. The van der Waals surface area contributed by atoms with Crippen LogP contribution in [0.5, 0.6) is 0 Å². The van der Waals surface area contributed by atoms with Crippen LogP contribution in [0.15, 0.2) is 0 Å². The van der Waals surface area contributed by atoms with Crippen molar-refractivity contribution >= 4 is 9.84 Å². The molecule has 72 valence electrons. The Bertz CT molecular complexity index is 273. The van der Waals surface area contributed by atoms with E-state index >= 15 is 0 Å². The van der Waals surface area contributed by atoms with E-state index in [1.807, 2.05) is 0 Å². The van der Waals surface area contributed by atoms with Gasteiger partial charge in [0.05, 0.1) is 6.67 Å². The molecular formula is C5H6F4O2S. The van der Waals surface area contributed by atoms with Crippen LogP contribution < -0.4 is 0 Å². The summed E-state index contributed by atoms with van der Waals surface area (Å²) in [6.07, 6.45) is -1.26. The van der Waals surface area contributed by atoms with E-state index in [0.717, 1.165) is 0 Å². The lowest BCUT2D eigenvalue weighted by atomic mass is 10.1. The molecule has 2 atom stereocenters. The second-order valence-electron chi connectivity index (χ2n) is 2.65. The van der Waals surface area contributed by atoms with Gasteiger partial charge in [0.1, 0.15) is 0 Å². The lowest BCUT2D eigenvalue weighted by molar-refractivity contribution is 0.0734. The summed E-state index contributed by atoms with van der Waals surface area (Å²) in [4.78, 5) is 0. The van der Waals surface area contributed by atoms with Gasteiger partial charge in [0.2, 0.25) is 15.3 Å². The highest BCUT2D eigenvalue weighted by Gasteiger charge is 2.61. The lowest BCUT2D eigenvalue weighted by Crippen LogP contribution is -2.26. The van der Waals surface area contributed by atoms with Crippen molar-refractivity contribution < 1.29 is 26.0 Å². The van der Waals surface area contributed by atoms with Gasteiger partial charge in [0.15, 0.2) is 0 Å². The molecule has 0 aliphatic carbocycles. The Morgan fingerprint density at radius 2 is 1.92 bits per heavy atom. The van der Waals surface area contributed by atoms with E-state index < -0.39 is 39.6 Å². The van der Waals surface area contributed by atoms with Gasteiger partial charge in [-0.1, -0.05) is 0 Å². The van der Waals surface area contributed by atoms with E-state index in [4.69, 9.17) is 0 Å². The molecule has 0 bridgehead atoms. The monoisotopic (exact) mass is 206 g/mol. The van der Waals surface area contributed by atoms with E-state index in [2.05, 4.69) is 0 Å². The highest BCUT2D eigenvalue weighted by Crippen LogP contribution is 2.44. The van der Waals surface area contributed by atoms with Gasteiger partial charge in [0, 0.05) is 12.3 Å². The Balaban J connectivity index is 3.05. The van der Waals surface area contributed by atoms with E-state index in [-0.39, 0.29) is 0 Å². The highest BCUT2D eigenvalue weighted by molar-refractivity contribution is 7.93. The molecule has 0 aromatic rings. The van der Waals surface area contributed by atoms with Crippen molar-refractivity contribution in [1.29, 1.82) is 0 Å². The van der Waals surface area contributed by atoms with Crippen LogP contribution in [0.2, 0.25) is 0 Å². The van der Waals surface area contributed by atoms with Gasteiger partial charge in [-0.05, 0) is 0 Å². The van der Waals surface area contributed by atoms with Crippen molar-refractivity contribution in [3.05, 3.63) is 0 Å². The maximum Gasteiger partial charge on any atom is 0.349 e. The zero-order valence-electron chi connectivity index (χ0n) is 5.81. The fourth-order valence-corrected chi connectivity index (χ4v) is 2.51. The van der Waals surface area contributed by atoms with Crippen LogP contribution in [0.4, 0.5) is 17.6 Å². The van der Waals surface area contributed by atoms with Crippen LogP contribution in [0.3, 0.4) is 0 Å². The predicted octanol–water partition coefficient (Wildman–Crippen LogP) is 1.28. The maximum absolute atomic E-state index is 12.6. The average molecular weight is 206 g/mol. The third-order valence-corrected chi connectivity index (χ3v) is 3.76. The second-order valence-corrected chi connectivity index (χ2v) is 4.79. The van der Waals surface area contributed by atoms with Crippen LogP contribution in [-0.2, 0) is 9.84 Å². The molecule has 0 aromatic heterocycles. The van der Waals surface area contributed by atoms with Crippen molar-refractivity contribution in [3.63, 3.8) is 0 Å². The number of hydrogen-bond donors (Lipinski definition) is 0. The molecule has 12 heavy (non-hydrogen) atoms. The van der Waals surface area contributed by atoms with Gasteiger partial charge in [-0.15, -0.1) is 0 Å². The van der Waals surface area contributed by atoms with Crippen molar-refractivity contribution in [1.82, 2.24) is 0 Å². The zero-order valence-corrected chi connectivity index (χ0v) is 6.62. The summed E-state index contributed by atoms with van der Waals surface area (Å²) in [7, 11) is -5.10. The van der Waals surface area contributed by atoms with E-state index in [9.17, 15) is 26.0 Å². The molecule has 2 unspecified atom stereocenters. The summed E-state index contributed by atoms with van der Waals surface area (Å²) in [6, 6.07) is 0. The molecule has 0 saturated carbocycles. The van der Waals surface area contributed by atoms with Gasteiger partial charge in [-0.25, -0.2) is 12.8 Å². The van der Waals surface area contributed by atoms with E-state index in [0.29, 0.717) is 0 Å².